The van der Waals surface area contributed by atoms with Crippen LogP contribution in [-0.4, -0.2) is 26.5 Å². The molecule has 66 valence electrons. The smallest absolute Gasteiger partial charge is 0.346 e. The van der Waals surface area contributed by atoms with Gasteiger partial charge in [0.05, 0.1) is 6.20 Å². The Kier molecular flexibility index (Phi) is 1.82. The molecule has 2 aromatic rings. The van der Waals surface area contributed by atoms with Gasteiger partial charge in [0.2, 0.25) is 0 Å². The minimum absolute atomic E-state index is 0.286. The molecule has 2 N–H and O–H groups in total. The Hall–Kier alpha value is -1.69. The summed E-state index contributed by atoms with van der Waals surface area (Å²) < 4.78 is 0. The molecule has 0 bridgehead atoms. The fourth-order valence-electron chi connectivity index (χ4n) is 1.01. The van der Waals surface area contributed by atoms with E-state index in [2.05, 4.69) is 15.4 Å². The molecule has 0 aliphatic carbocycles. The highest BCUT2D eigenvalue weighted by Crippen LogP contribution is 2.25. The number of aromatic carboxylic acids is 1. The SMILES string of the molecule is O=C(O)c1sccc1-c1cn[nH]n1. The number of carbonyl (C=O) groups is 1. The van der Waals surface area contributed by atoms with Crippen LogP contribution in [0.2, 0.25) is 0 Å². The molecule has 13 heavy (non-hydrogen) atoms. The van der Waals surface area contributed by atoms with Crippen molar-refractivity contribution >= 4 is 17.3 Å². The summed E-state index contributed by atoms with van der Waals surface area (Å²) in [7, 11) is 0. The van der Waals surface area contributed by atoms with Crippen molar-refractivity contribution in [3.63, 3.8) is 0 Å². The van der Waals surface area contributed by atoms with Gasteiger partial charge in [0.1, 0.15) is 10.6 Å². The van der Waals surface area contributed by atoms with E-state index in [0.717, 1.165) is 0 Å². The van der Waals surface area contributed by atoms with Gasteiger partial charge in [-0.25, -0.2) is 4.79 Å². The van der Waals surface area contributed by atoms with Gasteiger partial charge in [0, 0.05) is 5.56 Å². The molecule has 0 amide bonds. The number of hydrogen-bond acceptors (Lipinski definition) is 4. The van der Waals surface area contributed by atoms with Crippen LogP contribution in [0.25, 0.3) is 11.3 Å². The van der Waals surface area contributed by atoms with Crippen molar-refractivity contribution in [3.05, 3.63) is 22.5 Å². The lowest BCUT2D eigenvalue weighted by atomic mass is 10.2. The molecule has 0 aromatic carbocycles. The van der Waals surface area contributed by atoms with Crippen LogP contribution < -0.4 is 0 Å². The maximum Gasteiger partial charge on any atom is 0.346 e. The van der Waals surface area contributed by atoms with Crippen LogP contribution in [0.5, 0.6) is 0 Å². The molecule has 0 aliphatic heterocycles. The number of aromatic amines is 1. The Morgan fingerprint density at radius 2 is 2.46 bits per heavy atom. The molecule has 0 atom stereocenters. The molecule has 0 aliphatic rings. The Morgan fingerprint density at radius 1 is 1.62 bits per heavy atom. The van der Waals surface area contributed by atoms with Gasteiger partial charge in [-0.1, -0.05) is 0 Å². The van der Waals surface area contributed by atoms with E-state index in [0.29, 0.717) is 11.3 Å². The Balaban J connectivity index is 2.52. The number of H-pyrrole nitrogens is 1. The normalized spacial score (nSPS) is 10.2. The first kappa shape index (κ1) is 7.93. The molecule has 6 heteroatoms. The van der Waals surface area contributed by atoms with Gasteiger partial charge >= 0.3 is 5.97 Å². The summed E-state index contributed by atoms with van der Waals surface area (Å²) in [5, 5.41) is 20.4. The van der Waals surface area contributed by atoms with Gasteiger partial charge in [-0.3, -0.25) is 0 Å². The molecular formula is C7H5N3O2S. The van der Waals surface area contributed by atoms with E-state index >= 15 is 0 Å². The molecule has 2 aromatic heterocycles. The first-order valence-corrected chi connectivity index (χ1v) is 4.34. The minimum Gasteiger partial charge on any atom is -0.477 e. The number of nitrogens with one attached hydrogen (secondary N) is 1. The summed E-state index contributed by atoms with van der Waals surface area (Å²) in [6.07, 6.45) is 1.49. The van der Waals surface area contributed by atoms with Crippen molar-refractivity contribution in [3.8, 4) is 11.3 Å². The molecule has 0 spiro atoms. The molecule has 0 radical (unpaired) electrons. The lowest BCUT2D eigenvalue weighted by Gasteiger charge is -1.92. The zero-order chi connectivity index (χ0) is 9.26. The second-order valence-corrected chi connectivity index (χ2v) is 3.24. The van der Waals surface area contributed by atoms with Gasteiger partial charge in [0.25, 0.3) is 0 Å². The molecule has 0 saturated carbocycles. The Morgan fingerprint density at radius 3 is 3.08 bits per heavy atom. The standard InChI is InChI=1S/C7H5N3O2S/c11-7(12)6-4(1-2-13-6)5-3-8-10-9-5/h1-3H,(H,11,12)(H,8,9,10). The maximum absolute atomic E-state index is 10.7. The number of rotatable bonds is 2. The maximum atomic E-state index is 10.7. The van der Waals surface area contributed by atoms with E-state index in [1.807, 2.05) is 0 Å². The highest BCUT2D eigenvalue weighted by atomic mass is 32.1. The van der Waals surface area contributed by atoms with Crippen molar-refractivity contribution in [2.24, 2.45) is 0 Å². The topological polar surface area (TPSA) is 78.9 Å². The largest absolute Gasteiger partial charge is 0.477 e. The summed E-state index contributed by atoms with van der Waals surface area (Å²) >= 11 is 1.17. The molecule has 0 saturated heterocycles. The average Bonchev–Trinajstić information content (AvgIpc) is 2.74. The zero-order valence-electron chi connectivity index (χ0n) is 6.39. The average molecular weight is 195 g/mol. The van der Waals surface area contributed by atoms with Crippen molar-refractivity contribution in [1.82, 2.24) is 15.4 Å². The van der Waals surface area contributed by atoms with Crippen molar-refractivity contribution < 1.29 is 9.90 Å². The van der Waals surface area contributed by atoms with Gasteiger partial charge in [0.15, 0.2) is 0 Å². The van der Waals surface area contributed by atoms with Crippen LogP contribution in [0.1, 0.15) is 9.67 Å². The predicted octanol–water partition coefficient (Wildman–Crippen LogP) is 1.23. The van der Waals surface area contributed by atoms with Crippen LogP contribution >= 0.6 is 11.3 Å². The third-order valence-electron chi connectivity index (χ3n) is 1.55. The van der Waals surface area contributed by atoms with E-state index in [1.165, 1.54) is 17.5 Å². The van der Waals surface area contributed by atoms with Crippen molar-refractivity contribution in [1.29, 1.82) is 0 Å². The van der Waals surface area contributed by atoms with E-state index < -0.39 is 5.97 Å². The first-order chi connectivity index (χ1) is 6.29. The van der Waals surface area contributed by atoms with Gasteiger partial charge in [-0.15, -0.1) is 11.3 Å². The third kappa shape index (κ3) is 1.31. The number of aromatic nitrogens is 3. The van der Waals surface area contributed by atoms with Gasteiger partial charge in [-0.2, -0.15) is 15.4 Å². The van der Waals surface area contributed by atoms with Crippen molar-refractivity contribution in [2.75, 3.05) is 0 Å². The molecule has 2 rings (SSSR count). The summed E-state index contributed by atoms with van der Waals surface area (Å²) in [5.41, 5.74) is 1.16. The Bertz CT molecular complexity index is 421. The number of hydrogen-bond donors (Lipinski definition) is 2. The quantitative estimate of drug-likeness (QED) is 0.755. The van der Waals surface area contributed by atoms with Crippen LogP contribution in [0.3, 0.4) is 0 Å². The number of carboxylic acid groups (broad SMARTS) is 1. The van der Waals surface area contributed by atoms with Gasteiger partial charge < -0.3 is 5.11 Å². The van der Waals surface area contributed by atoms with Crippen LogP contribution in [0, 0.1) is 0 Å². The second-order valence-electron chi connectivity index (χ2n) is 2.32. The fourth-order valence-corrected chi connectivity index (χ4v) is 1.75. The van der Waals surface area contributed by atoms with E-state index in [1.54, 1.807) is 11.4 Å². The molecule has 2 heterocycles. The second kappa shape index (κ2) is 2.98. The highest BCUT2D eigenvalue weighted by molar-refractivity contribution is 7.12. The number of thiophene rings is 1. The predicted molar refractivity (Wildman–Crippen MR) is 46.7 cm³/mol. The summed E-state index contributed by atoms with van der Waals surface area (Å²) in [5.74, 6) is -0.937. The van der Waals surface area contributed by atoms with Gasteiger partial charge in [-0.05, 0) is 11.4 Å². The van der Waals surface area contributed by atoms with Crippen LogP contribution in [0.4, 0.5) is 0 Å². The first-order valence-electron chi connectivity index (χ1n) is 3.46. The zero-order valence-corrected chi connectivity index (χ0v) is 7.21. The summed E-state index contributed by atoms with van der Waals surface area (Å²) in [4.78, 5) is 11.0. The van der Waals surface area contributed by atoms with E-state index in [9.17, 15) is 4.79 Å². The van der Waals surface area contributed by atoms with Crippen LogP contribution in [-0.2, 0) is 0 Å². The fraction of sp³-hybridized carbons (Fsp3) is 0. The van der Waals surface area contributed by atoms with E-state index in [-0.39, 0.29) is 4.88 Å². The summed E-state index contributed by atoms with van der Waals surface area (Å²) in [6.45, 7) is 0. The number of nitrogens with zero attached hydrogens (tertiary/aromatic N) is 2. The molecule has 0 fully saturated rings. The highest BCUT2D eigenvalue weighted by Gasteiger charge is 2.14. The lowest BCUT2D eigenvalue weighted by Crippen LogP contribution is -1.94. The third-order valence-corrected chi connectivity index (χ3v) is 2.45. The molecular weight excluding hydrogens is 190 g/mol. The minimum atomic E-state index is -0.937. The molecule has 5 nitrogen and oxygen atoms in total. The summed E-state index contributed by atoms with van der Waals surface area (Å²) in [6, 6.07) is 1.71. The van der Waals surface area contributed by atoms with E-state index in [4.69, 9.17) is 5.11 Å². The monoisotopic (exact) mass is 195 g/mol. The lowest BCUT2D eigenvalue weighted by molar-refractivity contribution is 0.0703. The van der Waals surface area contributed by atoms with Crippen molar-refractivity contribution in [2.45, 2.75) is 0 Å². The number of carboxylic acids is 1. The Labute approximate surface area is 77.0 Å². The van der Waals surface area contributed by atoms with Crippen LogP contribution in [0.15, 0.2) is 17.6 Å². The molecule has 0 unspecified atom stereocenters.